The van der Waals surface area contributed by atoms with Gasteiger partial charge in [0.1, 0.15) is 5.69 Å². The summed E-state index contributed by atoms with van der Waals surface area (Å²) in [6.07, 6.45) is 5.07. The Kier molecular flexibility index (Phi) is 5.14. The van der Waals surface area contributed by atoms with Crippen LogP contribution in [-0.2, 0) is 6.54 Å². The zero-order valence-corrected chi connectivity index (χ0v) is 12.1. The van der Waals surface area contributed by atoms with E-state index in [1.54, 1.807) is 6.07 Å². The number of carbonyl (C=O) groups is 2. The monoisotopic (exact) mass is 291 g/mol. The highest BCUT2D eigenvalue weighted by Crippen LogP contribution is 2.29. The molecule has 1 saturated carbocycles. The Labute approximate surface area is 124 Å². The van der Waals surface area contributed by atoms with Crippen molar-refractivity contribution in [3.63, 3.8) is 0 Å². The Morgan fingerprint density at radius 3 is 2.71 bits per heavy atom. The lowest BCUT2D eigenvalue weighted by Gasteiger charge is -2.12. The maximum Gasteiger partial charge on any atom is 0.354 e. The number of hydrogen-bond acceptors (Lipinski definition) is 3. The van der Waals surface area contributed by atoms with Gasteiger partial charge in [-0.05, 0) is 36.3 Å². The molecule has 2 atom stereocenters. The fraction of sp³-hybridized carbons (Fsp3) is 0.533. The summed E-state index contributed by atoms with van der Waals surface area (Å²) in [5.74, 6) is 0.291. The van der Waals surface area contributed by atoms with Gasteiger partial charge in [-0.2, -0.15) is 0 Å². The first-order valence-electron chi connectivity index (χ1n) is 7.24. The van der Waals surface area contributed by atoms with E-state index in [2.05, 4.69) is 22.5 Å². The minimum atomic E-state index is -1.06. The number of carboxylic acids is 1. The average molecular weight is 291 g/mol. The lowest BCUT2D eigenvalue weighted by Crippen LogP contribution is -2.37. The average Bonchev–Trinajstić information content (AvgIpc) is 2.89. The summed E-state index contributed by atoms with van der Waals surface area (Å²) in [5, 5.41) is 14.4. The van der Waals surface area contributed by atoms with Crippen LogP contribution in [-0.4, -0.2) is 28.6 Å². The van der Waals surface area contributed by atoms with Gasteiger partial charge in [-0.1, -0.05) is 19.4 Å². The number of pyridine rings is 1. The first-order valence-corrected chi connectivity index (χ1v) is 7.24. The number of amides is 2. The molecule has 2 unspecified atom stereocenters. The Morgan fingerprint density at radius 1 is 1.33 bits per heavy atom. The number of carbonyl (C=O) groups excluding carboxylic acids is 1. The number of rotatable bonds is 5. The molecule has 1 heterocycles. The van der Waals surface area contributed by atoms with Gasteiger partial charge in [-0.15, -0.1) is 0 Å². The van der Waals surface area contributed by atoms with Gasteiger partial charge in [0.2, 0.25) is 0 Å². The highest BCUT2D eigenvalue weighted by molar-refractivity contribution is 5.85. The predicted octanol–water partition coefficient (Wildman–Crippen LogP) is 2.02. The number of aromatic carboxylic acids is 1. The standard InChI is InChI=1S/C15H21N3O3/c1-10-2-3-11(6-10)7-17-15(21)18-9-12-4-5-13(14(19)20)16-8-12/h4-5,8,10-11H,2-3,6-7,9H2,1H3,(H,19,20)(H2,17,18,21). The van der Waals surface area contributed by atoms with Gasteiger partial charge in [-0.3, -0.25) is 0 Å². The second kappa shape index (κ2) is 7.06. The van der Waals surface area contributed by atoms with E-state index in [0.29, 0.717) is 19.0 Å². The summed E-state index contributed by atoms with van der Waals surface area (Å²) >= 11 is 0. The molecule has 0 bridgehead atoms. The molecule has 6 heteroatoms. The smallest absolute Gasteiger partial charge is 0.354 e. The van der Waals surface area contributed by atoms with Crippen molar-refractivity contribution < 1.29 is 14.7 Å². The van der Waals surface area contributed by atoms with Crippen molar-refractivity contribution in [2.24, 2.45) is 11.8 Å². The summed E-state index contributed by atoms with van der Waals surface area (Å²) in [6.45, 7) is 3.29. The summed E-state index contributed by atoms with van der Waals surface area (Å²) in [5.41, 5.74) is 0.767. The summed E-state index contributed by atoms with van der Waals surface area (Å²) in [4.78, 5) is 26.2. The lowest BCUT2D eigenvalue weighted by atomic mass is 10.1. The van der Waals surface area contributed by atoms with Gasteiger partial charge in [0.05, 0.1) is 0 Å². The van der Waals surface area contributed by atoms with Crippen LogP contribution in [0.2, 0.25) is 0 Å². The van der Waals surface area contributed by atoms with Crippen LogP contribution < -0.4 is 10.6 Å². The van der Waals surface area contributed by atoms with Crippen molar-refractivity contribution in [2.45, 2.75) is 32.7 Å². The quantitative estimate of drug-likeness (QED) is 0.774. The number of nitrogens with zero attached hydrogens (tertiary/aromatic N) is 1. The third-order valence-electron chi connectivity index (χ3n) is 3.85. The predicted molar refractivity (Wildman–Crippen MR) is 77.9 cm³/mol. The topological polar surface area (TPSA) is 91.3 Å². The van der Waals surface area contributed by atoms with Crippen molar-refractivity contribution in [3.8, 4) is 0 Å². The Morgan fingerprint density at radius 2 is 2.14 bits per heavy atom. The first kappa shape index (κ1) is 15.3. The first-order chi connectivity index (χ1) is 10.0. The van der Waals surface area contributed by atoms with Gasteiger partial charge in [0.15, 0.2) is 0 Å². The Hall–Kier alpha value is -2.11. The largest absolute Gasteiger partial charge is 0.477 e. The molecule has 0 aliphatic heterocycles. The van der Waals surface area contributed by atoms with E-state index < -0.39 is 5.97 Å². The minimum Gasteiger partial charge on any atom is -0.477 e. The summed E-state index contributed by atoms with van der Waals surface area (Å²) in [6, 6.07) is 2.88. The van der Waals surface area contributed by atoms with E-state index in [0.717, 1.165) is 11.5 Å². The van der Waals surface area contributed by atoms with E-state index in [1.165, 1.54) is 31.5 Å². The van der Waals surface area contributed by atoms with Crippen LogP contribution in [0.15, 0.2) is 18.3 Å². The molecule has 0 spiro atoms. The second-order valence-electron chi connectivity index (χ2n) is 5.70. The van der Waals surface area contributed by atoms with E-state index in [1.807, 2.05) is 0 Å². The van der Waals surface area contributed by atoms with Crippen molar-refractivity contribution in [1.29, 1.82) is 0 Å². The highest BCUT2D eigenvalue weighted by atomic mass is 16.4. The van der Waals surface area contributed by atoms with Crippen molar-refractivity contribution in [2.75, 3.05) is 6.54 Å². The van der Waals surface area contributed by atoms with Gasteiger partial charge >= 0.3 is 12.0 Å². The normalized spacial score (nSPS) is 21.0. The molecule has 0 saturated heterocycles. The highest BCUT2D eigenvalue weighted by Gasteiger charge is 2.21. The third-order valence-corrected chi connectivity index (χ3v) is 3.85. The van der Waals surface area contributed by atoms with Crippen molar-refractivity contribution >= 4 is 12.0 Å². The molecule has 1 aliphatic carbocycles. The van der Waals surface area contributed by atoms with Gasteiger partial charge < -0.3 is 15.7 Å². The molecule has 6 nitrogen and oxygen atoms in total. The third kappa shape index (κ3) is 4.73. The zero-order valence-electron chi connectivity index (χ0n) is 12.1. The van der Waals surface area contributed by atoms with Crippen LogP contribution in [0, 0.1) is 11.8 Å². The van der Waals surface area contributed by atoms with E-state index in [-0.39, 0.29) is 11.7 Å². The van der Waals surface area contributed by atoms with Crippen LogP contribution >= 0.6 is 0 Å². The maximum atomic E-state index is 11.7. The van der Waals surface area contributed by atoms with Crippen LogP contribution in [0.4, 0.5) is 4.79 Å². The molecule has 2 amide bonds. The molecule has 3 N–H and O–H groups in total. The Bertz CT molecular complexity index is 501. The van der Waals surface area contributed by atoms with E-state index >= 15 is 0 Å². The van der Waals surface area contributed by atoms with Crippen molar-refractivity contribution in [3.05, 3.63) is 29.6 Å². The molecule has 0 aromatic carbocycles. The number of aromatic nitrogens is 1. The lowest BCUT2D eigenvalue weighted by molar-refractivity contribution is 0.0690. The number of hydrogen-bond donors (Lipinski definition) is 3. The number of nitrogens with one attached hydrogen (secondary N) is 2. The van der Waals surface area contributed by atoms with Crippen molar-refractivity contribution in [1.82, 2.24) is 15.6 Å². The van der Waals surface area contributed by atoms with Gasteiger partial charge in [0, 0.05) is 19.3 Å². The summed E-state index contributed by atoms with van der Waals surface area (Å²) < 4.78 is 0. The maximum absolute atomic E-state index is 11.7. The molecule has 21 heavy (non-hydrogen) atoms. The van der Waals surface area contributed by atoms with Crippen LogP contribution in [0.3, 0.4) is 0 Å². The zero-order chi connectivity index (χ0) is 15.2. The number of carboxylic acid groups (broad SMARTS) is 1. The summed E-state index contributed by atoms with van der Waals surface area (Å²) in [7, 11) is 0. The number of urea groups is 1. The molecule has 1 aromatic heterocycles. The van der Waals surface area contributed by atoms with Crippen LogP contribution in [0.1, 0.15) is 42.2 Å². The van der Waals surface area contributed by atoms with Crippen LogP contribution in [0.5, 0.6) is 0 Å². The minimum absolute atomic E-state index is 0.00134. The fourth-order valence-corrected chi connectivity index (χ4v) is 2.65. The van der Waals surface area contributed by atoms with Crippen LogP contribution in [0.25, 0.3) is 0 Å². The van der Waals surface area contributed by atoms with E-state index in [4.69, 9.17) is 5.11 Å². The van der Waals surface area contributed by atoms with Gasteiger partial charge in [0.25, 0.3) is 0 Å². The van der Waals surface area contributed by atoms with Gasteiger partial charge in [-0.25, -0.2) is 14.6 Å². The SMILES string of the molecule is CC1CCC(CNC(=O)NCc2ccc(C(=O)O)nc2)C1. The molecule has 0 radical (unpaired) electrons. The molecule has 1 aromatic rings. The molecule has 1 fully saturated rings. The molecular formula is C15H21N3O3. The fourth-order valence-electron chi connectivity index (χ4n) is 2.65. The molecule has 114 valence electrons. The molecule has 1 aliphatic rings. The second-order valence-corrected chi connectivity index (χ2v) is 5.70. The Balaban J connectivity index is 1.69. The molecular weight excluding hydrogens is 270 g/mol. The van der Waals surface area contributed by atoms with E-state index in [9.17, 15) is 9.59 Å². The molecule has 2 rings (SSSR count).